The average Bonchev–Trinajstić information content (AvgIpc) is 3.32. The Morgan fingerprint density at radius 3 is 1.23 bits per heavy atom. The van der Waals surface area contributed by atoms with Crippen LogP contribution in [0.15, 0.2) is 35.3 Å². The third kappa shape index (κ3) is 32.5. The van der Waals surface area contributed by atoms with Crippen LogP contribution >= 0.6 is 35.3 Å². The van der Waals surface area contributed by atoms with Crippen LogP contribution in [0.3, 0.4) is 0 Å². The molecule has 0 aliphatic rings. The second kappa shape index (κ2) is 42.5. The molecule has 0 saturated heterocycles. The number of aliphatic imine (C=N–C) groups is 1. The van der Waals surface area contributed by atoms with Gasteiger partial charge in [-0.05, 0) is 105 Å². The fourth-order valence-corrected chi connectivity index (χ4v) is 9.84. The Bertz CT molecular complexity index is 2530. The van der Waals surface area contributed by atoms with Crippen molar-refractivity contribution in [2.45, 2.75) is 165 Å². The molecule has 0 unspecified atom stereocenters. The third-order valence-corrected chi connectivity index (χ3v) is 14.9. The number of carboxylic acids is 2. The number of hydrogen-bond donors (Lipinski definition) is 16. The first-order valence-corrected chi connectivity index (χ1v) is 32.7. The molecule has 88 heavy (non-hydrogen) atoms. The van der Waals surface area contributed by atoms with Gasteiger partial charge in [-0.3, -0.25) is 62.5 Å². The van der Waals surface area contributed by atoms with Gasteiger partial charge in [0.1, 0.15) is 54.4 Å². The quantitative estimate of drug-likeness (QED) is 0.0176. The van der Waals surface area contributed by atoms with Crippen molar-refractivity contribution in [3.63, 3.8) is 0 Å². The van der Waals surface area contributed by atoms with Gasteiger partial charge in [0.2, 0.25) is 65.0 Å². The van der Waals surface area contributed by atoms with Crippen LogP contribution < -0.4 is 76.5 Å². The van der Waals surface area contributed by atoms with Crippen molar-refractivity contribution in [2.24, 2.45) is 45.5 Å². The fraction of sp³-hybridized carbons (Fsp3) is 0.636. The molecule has 21 N–H and O–H groups in total. The lowest BCUT2D eigenvalue weighted by Crippen LogP contribution is -2.61. The van der Waals surface area contributed by atoms with Crippen LogP contribution in [0, 0.1) is 11.8 Å². The minimum absolute atomic E-state index is 0.0143. The molecule has 1 aromatic carbocycles. The highest BCUT2D eigenvalue weighted by Crippen LogP contribution is 2.14. The maximum Gasteiger partial charge on any atom is 0.326 e. The summed E-state index contributed by atoms with van der Waals surface area (Å²) in [7, 11) is 0. The number of rotatable bonds is 45. The van der Waals surface area contributed by atoms with E-state index in [2.05, 4.69) is 52.8 Å². The lowest BCUT2D eigenvalue weighted by Gasteiger charge is -2.28. The molecular weight excluding hydrogens is 1210 g/mol. The molecule has 0 bridgehead atoms. The number of primary amides is 2. The number of nitrogens with two attached hydrogens (primary N) is 5. The first-order chi connectivity index (χ1) is 41.4. The van der Waals surface area contributed by atoms with E-state index in [0.717, 1.165) is 0 Å². The summed E-state index contributed by atoms with van der Waals surface area (Å²) in [6, 6.07) is -6.15. The molecule has 0 fully saturated rings. The Balaban J connectivity index is 3.56. The molecule has 0 radical (unpaired) electrons. The normalized spacial score (nSPS) is 14.5. The number of thioether (sulfide) groups is 3. The summed E-state index contributed by atoms with van der Waals surface area (Å²) in [5.41, 5.74) is 28.3. The first-order valence-electron chi connectivity index (χ1n) is 28.5. The van der Waals surface area contributed by atoms with Crippen molar-refractivity contribution in [3.05, 3.63) is 35.9 Å². The number of carbonyl (C=O) groups excluding carboxylic acids is 11. The van der Waals surface area contributed by atoms with Gasteiger partial charge in [0.05, 0.1) is 18.9 Å². The molecule has 0 aliphatic heterocycles. The van der Waals surface area contributed by atoms with E-state index < -0.39 is 163 Å². The minimum atomic E-state index is -2.06. The second-order valence-electron chi connectivity index (χ2n) is 21.5. The first kappa shape index (κ1) is 78.6. The Morgan fingerprint density at radius 1 is 0.455 bits per heavy atom. The molecule has 0 spiro atoms. The molecule has 0 saturated carbocycles. The lowest BCUT2D eigenvalue weighted by molar-refractivity contribution is -0.143. The summed E-state index contributed by atoms with van der Waals surface area (Å²) in [4.78, 5) is 178. The number of carbonyl (C=O) groups is 13. The zero-order valence-corrected chi connectivity index (χ0v) is 53.3. The summed E-state index contributed by atoms with van der Waals surface area (Å²) >= 11 is 4.00. The monoisotopic (exact) mass is 1300 g/mol. The maximum atomic E-state index is 14.3. The summed E-state index contributed by atoms with van der Waals surface area (Å²) in [6.07, 6.45) is 2.63. The van der Waals surface area contributed by atoms with Gasteiger partial charge in [-0.1, -0.05) is 58.0 Å². The fourth-order valence-electron chi connectivity index (χ4n) is 8.43. The zero-order valence-electron chi connectivity index (χ0n) is 50.9. The van der Waals surface area contributed by atoms with Crippen LogP contribution in [0.5, 0.6) is 0 Å². The molecule has 10 atom stereocenters. The molecule has 0 aliphatic carbocycles. The highest BCUT2D eigenvalue weighted by atomic mass is 32.2. The highest BCUT2D eigenvalue weighted by molar-refractivity contribution is 7.99. The lowest BCUT2D eigenvalue weighted by atomic mass is 10.0. The number of guanidine groups is 1. The largest absolute Gasteiger partial charge is 0.481 e. The van der Waals surface area contributed by atoms with E-state index in [1.165, 1.54) is 35.3 Å². The number of amides is 11. The Hall–Kier alpha value is -7.39. The van der Waals surface area contributed by atoms with Crippen molar-refractivity contribution in [1.82, 2.24) is 47.9 Å². The van der Waals surface area contributed by atoms with Crippen LogP contribution in [-0.4, -0.2) is 196 Å². The van der Waals surface area contributed by atoms with Gasteiger partial charge in [-0.15, -0.1) is 0 Å². The maximum absolute atomic E-state index is 14.3. The highest BCUT2D eigenvalue weighted by Gasteiger charge is 2.37. The molecule has 1 rings (SSSR count). The average molecular weight is 1300 g/mol. The molecule has 0 heterocycles. The van der Waals surface area contributed by atoms with Crippen molar-refractivity contribution < 1.29 is 72.5 Å². The minimum Gasteiger partial charge on any atom is -0.481 e. The smallest absolute Gasteiger partial charge is 0.326 e. The van der Waals surface area contributed by atoms with E-state index in [1.807, 2.05) is 0 Å². The molecular formula is C55H91N15O15S3. The summed E-state index contributed by atoms with van der Waals surface area (Å²) < 4.78 is 0. The van der Waals surface area contributed by atoms with E-state index in [0.29, 0.717) is 23.5 Å². The van der Waals surface area contributed by atoms with Crippen molar-refractivity contribution >= 4 is 118 Å². The van der Waals surface area contributed by atoms with Gasteiger partial charge in [0.15, 0.2) is 5.96 Å². The molecule has 1 aromatic rings. The van der Waals surface area contributed by atoms with Gasteiger partial charge in [-0.25, -0.2) is 4.79 Å². The van der Waals surface area contributed by atoms with E-state index >= 15 is 0 Å². The van der Waals surface area contributed by atoms with Crippen LogP contribution in [-0.2, 0) is 68.7 Å². The summed E-state index contributed by atoms with van der Waals surface area (Å²) in [5, 5.41) is 42.2. The predicted molar refractivity (Wildman–Crippen MR) is 335 cm³/mol. The van der Waals surface area contributed by atoms with Gasteiger partial charge in [-0.2, -0.15) is 35.3 Å². The van der Waals surface area contributed by atoms with Crippen molar-refractivity contribution in [2.75, 3.05) is 42.6 Å². The summed E-state index contributed by atoms with van der Waals surface area (Å²) in [5.74, 6) is -13.3. The third-order valence-electron chi connectivity index (χ3n) is 13.0. The Kier molecular flexibility index (Phi) is 38.0. The number of benzene rings is 1. The van der Waals surface area contributed by atoms with Gasteiger partial charge in [0, 0.05) is 19.4 Å². The van der Waals surface area contributed by atoms with Gasteiger partial charge < -0.3 is 86.7 Å². The number of aliphatic carboxylic acids is 2. The van der Waals surface area contributed by atoms with Crippen LogP contribution in [0.2, 0.25) is 0 Å². The van der Waals surface area contributed by atoms with Crippen LogP contribution in [0.1, 0.15) is 104 Å². The molecule has 494 valence electrons. The number of carboxylic acid groups (broad SMARTS) is 2. The van der Waals surface area contributed by atoms with E-state index in [1.54, 1.807) is 76.8 Å². The molecule has 30 nitrogen and oxygen atoms in total. The number of nitrogens with zero attached hydrogens (tertiary/aromatic N) is 1. The van der Waals surface area contributed by atoms with Gasteiger partial charge >= 0.3 is 11.9 Å². The Morgan fingerprint density at radius 2 is 0.818 bits per heavy atom. The SMILES string of the molecule is CSCC[C@H](NC(=O)[C@H](CC(C)C)NC(=O)[C@H](CCC(N)=O)NC(=O)[C@H](CC(=O)O)NC(=O)[C@H](CC(N)=O)NC(=O)[C@H](CCSC)NC(=O)[C@H](CCSC)NC(=O)[C@@H](N)CCCN=C(N)N)C(=O)N[C@@H](Cc1ccccc1)C(=O)N[C@@H](CC(C)C)C(=O)O. The van der Waals surface area contributed by atoms with E-state index in [4.69, 9.17) is 28.7 Å². The van der Waals surface area contributed by atoms with Gasteiger partial charge in [0.25, 0.3) is 0 Å². The number of hydrogen-bond acceptors (Lipinski definition) is 18. The summed E-state index contributed by atoms with van der Waals surface area (Å²) in [6.45, 7) is 7.19. The topological polar surface area (TPSA) is 513 Å². The van der Waals surface area contributed by atoms with E-state index in [9.17, 15) is 72.5 Å². The molecule has 33 heteroatoms. The van der Waals surface area contributed by atoms with Crippen LogP contribution in [0.25, 0.3) is 0 Å². The molecule has 11 amide bonds. The van der Waals surface area contributed by atoms with Crippen molar-refractivity contribution in [1.29, 1.82) is 0 Å². The van der Waals surface area contributed by atoms with E-state index in [-0.39, 0.29) is 75.0 Å². The van der Waals surface area contributed by atoms with Crippen LogP contribution in [0.4, 0.5) is 0 Å². The predicted octanol–water partition coefficient (Wildman–Crippen LogP) is -2.98. The Labute approximate surface area is 525 Å². The zero-order chi connectivity index (χ0) is 66.6. The number of nitrogens with one attached hydrogen (secondary N) is 9. The molecule has 0 aromatic heterocycles. The second-order valence-corrected chi connectivity index (χ2v) is 24.5. The standard InChI is InChI=1S/C55H91N15O15S3/c1-29(2)24-37(50(80)65-36(19-23-88-7)48(78)67-38(26-31-12-9-8-10-13-31)51(81)70-41(54(84)85)25-30(3)4)66-46(76)33(15-16-42(57)71)63-53(83)40(28-44(73)74)69-52(82)39(27-43(58)72)68-49(79)35(18-22-87-6)64-47(77)34(17-21-86-5)62-45(75)32(56)14-11-20-61-55(59)60/h8-10,12-13,29-30,32-41H,11,14-28,56H2,1-7H3,(H2,57,71)(H2,58,72)(H,62,75)(H,63,83)(H,64,77)(H,65,80)(H,66,76)(H,67,78)(H,68,79)(H,69,82)(H,70,81)(H,73,74)(H,84,85)(H4,59,60,61)/t32-,33-,34-,35-,36-,37-,38-,39-,40-,41-/m0/s1. The van der Waals surface area contributed by atoms with Crippen molar-refractivity contribution in [3.8, 4) is 0 Å².